The number of likely N-dealkylation sites (N-methyl/N-ethyl adjacent to an activating group) is 1. The molecule has 0 bridgehead atoms. The minimum Gasteiger partial charge on any atom is -0.395 e. The van der Waals surface area contributed by atoms with Crippen LogP contribution in [-0.2, 0) is 12.0 Å². The van der Waals surface area contributed by atoms with Crippen LogP contribution in [0.3, 0.4) is 0 Å². The van der Waals surface area contributed by atoms with Crippen LogP contribution in [0.4, 0.5) is 0 Å². The Labute approximate surface area is 135 Å². The number of rotatable bonds is 6. The average Bonchev–Trinajstić information content (AvgIpc) is 2.50. The maximum Gasteiger partial charge on any atom is 0.0537 e. The van der Waals surface area contributed by atoms with Gasteiger partial charge in [0.25, 0.3) is 0 Å². The van der Waals surface area contributed by atoms with Gasteiger partial charge < -0.3 is 10.0 Å². The van der Waals surface area contributed by atoms with Gasteiger partial charge >= 0.3 is 0 Å². The second-order valence-corrected chi connectivity index (χ2v) is 6.70. The van der Waals surface area contributed by atoms with Gasteiger partial charge in [-0.05, 0) is 24.2 Å². The first-order chi connectivity index (χ1) is 10.0. The molecule has 1 unspecified atom stereocenters. The Morgan fingerprint density at radius 3 is 2.29 bits per heavy atom. The highest BCUT2D eigenvalue weighted by atomic mass is 79.9. The van der Waals surface area contributed by atoms with Crippen molar-refractivity contribution in [1.82, 2.24) is 4.90 Å². The Morgan fingerprint density at radius 1 is 1.05 bits per heavy atom. The van der Waals surface area contributed by atoms with E-state index in [4.69, 9.17) is 0 Å². The molecule has 112 valence electrons. The van der Waals surface area contributed by atoms with Gasteiger partial charge in [-0.1, -0.05) is 71.4 Å². The molecule has 0 aromatic heterocycles. The second-order valence-electron chi connectivity index (χ2n) is 5.85. The van der Waals surface area contributed by atoms with Crippen molar-refractivity contribution >= 4 is 15.9 Å². The molecule has 0 aliphatic carbocycles. The van der Waals surface area contributed by atoms with Crippen LogP contribution in [0.2, 0.25) is 0 Å². The van der Waals surface area contributed by atoms with Crippen molar-refractivity contribution in [2.24, 2.45) is 0 Å². The lowest BCUT2D eigenvalue weighted by atomic mass is 9.83. The van der Waals surface area contributed by atoms with Gasteiger partial charge in [-0.25, -0.2) is 0 Å². The standard InChI is InChI=1S/C18H22BrNO/c1-18(14-21,16-9-4-3-5-10-16)13-20(2)12-15-8-6-7-11-17(15)19/h3-11,21H,12-14H2,1-2H3. The molecule has 1 N–H and O–H groups in total. The highest BCUT2D eigenvalue weighted by Gasteiger charge is 2.27. The Morgan fingerprint density at radius 2 is 1.67 bits per heavy atom. The number of aliphatic hydroxyl groups is 1. The SMILES string of the molecule is CN(Cc1ccccc1Br)CC(C)(CO)c1ccccc1. The van der Waals surface area contributed by atoms with Crippen LogP contribution in [0, 0.1) is 0 Å². The zero-order valence-corrected chi connectivity index (χ0v) is 14.2. The molecule has 2 aromatic rings. The fourth-order valence-corrected chi connectivity index (χ4v) is 3.05. The van der Waals surface area contributed by atoms with Crippen LogP contribution in [0.15, 0.2) is 59.1 Å². The van der Waals surface area contributed by atoms with Crippen molar-refractivity contribution in [1.29, 1.82) is 0 Å². The van der Waals surface area contributed by atoms with Gasteiger partial charge in [0.05, 0.1) is 6.61 Å². The van der Waals surface area contributed by atoms with Gasteiger partial charge in [0.15, 0.2) is 0 Å². The smallest absolute Gasteiger partial charge is 0.0537 e. The molecule has 0 amide bonds. The molecule has 0 saturated carbocycles. The van der Waals surface area contributed by atoms with Crippen molar-refractivity contribution in [2.45, 2.75) is 18.9 Å². The average molecular weight is 348 g/mol. The first kappa shape index (κ1) is 16.2. The topological polar surface area (TPSA) is 23.5 Å². The molecule has 1 atom stereocenters. The van der Waals surface area contributed by atoms with E-state index in [1.807, 2.05) is 24.3 Å². The van der Waals surface area contributed by atoms with E-state index in [2.05, 4.69) is 65.1 Å². The fraction of sp³-hybridized carbons (Fsp3) is 0.333. The number of hydrogen-bond donors (Lipinski definition) is 1. The van der Waals surface area contributed by atoms with Crippen molar-refractivity contribution in [3.63, 3.8) is 0 Å². The van der Waals surface area contributed by atoms with Crippen LogP contribution in [0.1, 0.15) is 18.1 Å². The van der Waals surface area contributed by atoms with Crippen molar-refractivity contribution in [2.75, 3.05) is 20.2 Å². The van der Waals surface area contributed by atoms with Gasteiger partial charge in [-0.15, -0.1) is 0 Å². The number of halogens is 1. The zero-order chi connectivity index (χ0) is 15.3. The molecule has 0 fully saturated rings. The summed E-state index contributed by atoms with van der Waals surface area (Å²) < 4.78 is 1.13. The Balaban J connectivity index is 2.10. The number of benzene rings is 2. The quantitative estimate of drug-likeness (QED) is 0.858. The monoisotopic (exact) mass is 347 g/mol. The first-order valence-corrected chi connectivity index (χ1v) is 7.93. The maximum atomic E-state index is 9.87. The molecule has 0 heterocycles. The molecule has 2 nitrogen and oxygen atoms in total. The molecule has 2 aromatic carbocycles. The predicted octanol–water partition coefficient (Wildman–Crippen LogP) is 3.83. The number of nitrogens with zero attached hydrogens (tertiary/aromatic N) is 1. The number of aliphatic hydroxyl groups excluding tert-OH is 1. The van der Waals surface area contributed by atoms with Crippen LogP contribution in [0.5, 0.6) is 0 Å². The van der Waals surface area contributed by atoms with Gasteiger partial charge in [0, 0.05) is 23.0 Å². The van der Waals surface area contributed by atoms with E-state index in [1.165, 1.54) is 11.1 Å². The summed E-state index contributed by atoms with van der Waals surface area (Å²) in [6, 6.07) is 18.5. The molecule has 0 saturated heterocycles. The lowest BCUT2D eigenvalue weighted by Crippen LogP contribution is -2.39. The molecular formula is C18H22BrNO. The summed E-state index contributed by atoms with van der Waals surface area (Å²) in [5.41, 5.74) is 2.18. The minimum atomic E-state index is -0.253. The van der Waals surface area contributed by atoms with Gasteiger partial charge in [-0.2, -0.15) is 0 Å². The molecule has 0 radical (unpaired) electrons. The third-order valence-electron chi connectivity index (χ3n) is 3.84. The van der Waals surface area contributed by atoms with Crippen molar-refractivity contribution in [3.05, 3.63) is 70.2 Å². The summed E-state index contributed by atoms with van der Waals surface area (Å²) in [6.45, 7) is 3.90. The third-order valence-corrected chi connectivity index (χ3v) is 4.61. The van der Waals surface area contributed by atoms with Crippen molar-refractivity contribution < 1.29 is 5.11 Å². The molecule has 0 spiro atoms. The largest absolute Gasteiger partial charge is 0.395 e. The Bertz CT molecular complexity index is 572. The molecule has 0 aliphatic rings. The first-order valence-electron chi connectivity index (χ1n) is 7.13. The van der Waals surface area contributed by atoms with Gasteiger partial charge in [-0.3, -0.25) is 0 Å². The Kier molecular flexibility index (Phi) is 5.57. The number of hydrogen-bond acceptors (Lipinski definition) is 2. The van der Waals surface area contributed by atoms with E-state index in [1.54, 1.807) is 0 Å². The third kappa shape index (κ3) is 4.16. The van der Waals surface area contributed by atoms with Gasteiger partial charge in [0.1, 0.15) is 0 Å². The summed E-state index contributed by atoms with van der Waals surface area (Å²) >= 11 is 3.59. The predicted molar refractivity (Wildman–Crippen MR) is 91.4 cm³/mol. The lowest BCUT2D eigenvalue weighted by molar-refractivity contribution is 0.156. The lowest BCUT2D eigenvalue weighted by Gasteiger charge is -2.33. The van der Waals surface area contributed by atoms with Crippen LogP contribution in [0.25, 0.3) is 0 Å². The van der Waals surface area contributed by atoms with E-state index in [0.29, 0.717) is 0 Å². The van der Waals surface area contributed by atoms with E-state index in [0.717, 1.165) is 17.6 Å². The summed E-state index contributed by atoms with van der Waals surface area (Å²) in [6.07, 6.45) is 0. The van der Waals surface area contributed by atoms with Crippen LogP contribution >= 0.6 is 15.9 Å². The Hall–Kier alpha value is -1.16. The molecule has 2 rings (SSSR count). The van der Waals surface area contributed by atoms with Crippen LogP contribution < -0.4 is 0 Å². The molecular weight excluding hydrogens is 326 g/mol. The summed E-state index contributed by atoms with van der Waals surface area (Å²) in [5, 5.41) is 9.87. The van der Waals surface area contributed by atoms with E-state index < -0.39 is 0 Å². The normalized spacial score (nSPS) is 14.1. The summed E-state index contributed by atoms with van der Waals surface area (Å²) in [4.78, 5) is 2.25. The van der Waals surface area contributed by atoms with E-state index in [9.17, 15) is 5.11 Å². The summed E-state index contributed by atoms with van der Waals surface area (Å²) in [5.74, 6) is 0. The summed E-state index contributed by atoms with van der Waals surface area (Å²) in [7, 11) is 2.09. The van der Waals surface area contributed by atoms with E-state index in [-0.39, 0.29) is 12.0 Å². The van der Waals surface area contributed by atoms with E-state index >= 15 is 0 Å². The molecule has 21 heavy (non-hydrogen) atoms. The fourth-order valence-electron chi connectivity index (χ4n) is 2.64. The molecule has 3 heteroatoms. The van der Waals surface area contributed by atoms with Crippen LogP contribution in [-0.4, -0.2) is 30.2 Å². The minimum absolute atomic E-state index is 0.136. The highest BCUT2D eigenvalue weighted by molar-refractivity contribution is 9.10. The van der Waals surface area contributed by atoms with Crippen molar-refractivity contribution in [3.8, 4) is 0 Å². The second kappa shape index (κ2) is 7.21. The zero-order valence-electron chi connectivity index (χ0n) is 12.6. The highest BCUT2D eigenvalue weighted by Crippen LogP contribution is 2.25. The maximum absolute atomic E-state index is 9.87. The molecule has 0 aliphatic heterocycles. The van der Waals surface area contributed by atoms with Gasteiger partial charge in [0.2, 0.25) is 0 Å².